The van der Waals surface area contributed by atoms with E-state index in [0.717, 1.165) is 29.8 Å². The van der Waals surface area contributed by atoms with Crippen molar-refractivity contribution in [2.45, 2.75) is 32.6 Å². The smallest absolute Gasteiger partial charge is 0.303 e. The maximum Gasteiger partial charge on any atom is 0.303 e. The number of hydrogen-bond acceptors (Lipinski definition) is 3. The van der Waals surface area contributed by atoms with Crippen LogP contribution in [0.25, 0.3) is 5.69 Å². The minimum atomic E-state index is -0.761. The van der Waals surface area contributed by atoms with Gasteiger partial charge >= 0.3 is 5.97 Å². The lowest BCUT2D eigenvalue weighted by atomic mass is 10.1. The van der Waals surface area contributed by atoms with E-state index in [1.807, 2.05) is 31.3 Å². The maximum absolute atomic E-state index is 10.4. The molecule has 1 aromatic carbocycles. The number of nitrogens with zero attached hydrogens (tertiary/aromatic N) is 3. The molecular weight excluding hydrogens is 278 g/mol. The highest BCUT2D eigenvalue weighted by Crippen LogP contribution is 2.19. The number of hydrogen-bond donors (Lipinski definition) is 1. The highest BCUT2D eigenvalue weighted by Gasteiger charge is 2.06. The zero-order valence-electron chi connectivity index (χ0n) is 11.2. The lowest BCUT2D eigenvalue weighted by Gasteiger charge is -2.04. The van der Waals surface area contributed by atoms with E-state index in [1.54, 1.807) is 4.68 Å². The minimum absolute atomic E-state index is 0.196. The molecule has 0 spiro atoms. The Morgan fingerprint density at radius 3 is 2.95 bits per heavy atom. The van der Waals surface area contributed by atoms with Crippen LogP contribution in [0.4, 0.5) is 0 Å². The molecule has 1 aromatic heterocycles. The van der Waals surface area contributed by atoms with Gasteiger partial charge in [0.2, 0.25) is 0 Å². The van der Waals surface area contributed by atoms with E-state index in [0.29, 0.717) is 11.4 Å². The van der Waals surface area contributed by atoms with Gasteiger partial charge in [-0.05, 0) is 43.9 Å². The van der Waals surface area contributed by atoms with Crippen LogP contribution in [-0.4, -0.2) is 26.1 Å². The molecule has 20 heavy (non-hydrogen) atoms. The summed E-state index contributed by atoms with van der Waals surface area (Å²) >= 11 is 5.99. The van der Waals surface area contributed by atoms with Crippen LogP contribution in [0.15, 0.2) is 24.4 Å². The molecule has 0 saturated carbocycles. The first-order valence-corrected chi connectivity index (χ1v) is 6.83. The number of rotatable bonds is 6. The summed E-state index contributed by atoms with van der Waals surface area (Å²) in [5.41, 5.74) is 2.83. The van der Waals surface area contributed by atoms with E-state index in [2.05, 4.69) is 10.3 Å². The topological polar surface area (TPSA) is 68.0 Å². The highest BCUT2D eigenvalue weighted by molar-refractivity contribution is 6.30. The molecule has 5 nitrogen and oxygen atoms in total. The molecule has 0 amide bonds. The molecule has 0 bridgehead atoms. The zero-order chi connectivity index (χ0) is 14.5. The Kier molecular flexibility index (Phi) is 4.74. The van der Waals surface area contributed by atoms with Gasteiger partial charge in [-0.3, -0.25) is 4.79 Å². The van der Waals surface area contributed by atoms with E-state index >= 15 is 0 Å². The van der Waals surface area contributed by atoms with Gasteiger partial charge in [0.25, 0.3) is 0 Å². The second-order valence-corrected chi connectivity index (χ2v) is 5.12. The van der Waals surface area contributed by atoms with Crippen LogP contribution >= 0.6 is 11.6 Å². The van der Waals surface area contributed by atoms with Crippen molar-refractivity contribution in [1.29, 1.82) is 0 Å². The van der Waals surface area contributed by atoms with Crippen molar-refractivity contribution in [3.8, 4) is 5.69 Å². The second kappa shape index (κ2) is 6.52. The summed E-state index contributed by atoms with van der Waals surface area (Å²) in [7, 11) is 0. The molecular formula is C14H16ClN3O2. The van der Waals surface area contributed by atoms with E-state index in [9.17, 15) is 4.79 Å². The van der Waals surface area contributed by atoms with Gasteiger partial charge in [-0.25, -0.2) is 4.68 Å². The Balaban J connectivity index is 2.01. The number of aromatic nitrogens is 3. The standard InChI is InChI=1S/C14H16ClN3O2/c1-10-6-7-11(15)8-13(10)18-9-12(16-17-18)4-2-3-5-14(19)20/h6-9H,2-5H2,1H3,(H,19,20). The predicted molar refractivity (Wildman–Crippen MR) is 76.3 cm³/mol. The first-order chi connectivity index (χ1) is 9.56. The number of carbonyl (C=O) groups is 1. The van der Waals surface area contributed by atoms with E-state index in [4.69, 9.17) is 16.7 Å². The minimum Gasteiger partial charge on any atom is -0.481 e. The number of unbranched alkanes of at least 4 members (excludes halogenated alkanes) is 1. The van der Waals surface area contributed by atoms with Gasteiger partial charge in [-0.1, -0.05) is 22.9 Å². The van der Waals surface area contributed by atoms with Gasteiger partial charge in [0.15, 0.2) is 0 Å². The van der Waals surface area contributed by atoms with Gasteiger partial charge in [-0.15, -0.1) is 5.10 Å². The van der Waals surface area contributed by atoms with Crippen molar-refractivity contribution in [3.05, 3.63) is 40.7 Å². The molecule has 6 heteroatoms. The van der Waals surface area contributed by atoms with Crippen LogP contribution in [-0.2, 0) is 11.2 Å². The van der Waals surface area contributed by atoms with Crippen LogP contribution in [0, 0.1) is 6.92 Å². The molecule has 1 N–H and O–H groups in total. The summed E-state index contributed by atoms with van der Waals surface area (Å²) < 4.78 is 1.70. The molecule has 0 radical (unpaired) electrons. The Labute approximate surface area is 122 Å². The number of halogens is 1. The fraction of sp³-hybridized carbons (Fsp3) is 0.357. The van der Waals surface area contributed by atoms with Crippen LogP contribution in [0.3, 0.4) is 0 Å². The van der Waals surface area contributed by atoms with Gasteiger partial charge in [0, 0.05) is 11.4 Å². The number of carboxylic acid groups (broad SMARTS) is 1. The van der Waals surface area contributed by atoms with Crippen molar-refractivity contribution in [2.24, 2.45) is 0 Å². The van der Waals surface area contributed by atoms with Gasteiger partial charge in [0.05, 0.1) is 17.6 Å². The Morgan fingerprint density at radius 2 is 2.20 bits per heavy atom. The molecule has 0 fully saturated rings. The fourth-order valence-electron chi connectivity index (χ4n) is 1.94. The molecule has 0 aliphatic heterocycles. The average Bonchev–Trinajstić information content (AvgIpc) is 2.86. The Hall–Kier alpha value is -1.88. The van der Waals surface area contributed by atoms with Crippen molar-refractivity contribution in [1.82, 2.24) is 15.0 Å². The second-order valence-electron chi connectivity index (χ2n) is 4.69. The van der Waals surface area contributed by atoms with E-state index < -0.39 is 5.97 Å². The molecule has 0 atom stereocenters. The van der Waals surface area contributed by atoms with Crippen LogP contribution in [0.2, 0.25) is 5.02 Å². The van der Waals surface area contributed by atoms with E-state index in [1.165, 1.54) is 0 Å². The molecule has 2 aromatic rings. The van der Waals surface area contributed by atoms with Gasteiger partial charge in [0.1, 0.15) is 0 Å². The maximum atomic E-state index is 10.4. The summed E-state index contributed by atoms with van der Waals surface area (Å²) in [6.07, 6.45) is 4.23. The van der Waals surface area contributed by atoms with Crippen LogP contribution in [0.5, 0.6) is 0 Å². The van der Waals surface area contributed by atoms with E-state index in [-0.39, 0.29) is 6.42 Å². The first-order valence-electron chi connectivity index (χ1n) is 6.46. The van der Waals surface area contributed by atoms with Crippen molar-refractivity contribution >= 4 is 17.6 Å². The van der Waals surface area contributed by atoms with Crippen molar-refractivity contribution in [2.75, 3.05) is 0 Å². The normalized spacial score (nSPS) is 10.7. The number of carboxylic acids is 1. The summed E-state index contributed by atoms with van der Waals surface area (Å²) in [4.78, 5) is 10.4. The van der Waals surface area contributed by atoms with Crippen molar-refractivity contribution in [3.63, 3.8) is 0 Å². The summed E-state index contributed by atoms with van der Waals surface area (Å²) in [6.45, 7) is 1.99. The average molecular weight is 294 g/mol. The molecule has 0 aliphatic rings. The van der Waals surface area contributed by atoms with Crippen LogP contribution in [0.1, 0.15) is 30.5 Å². The summed E-state index contributed by atoms with van der Waals surface area (Å²) in [5, 5.41) is 17.4. The number of benzene rings is 1. The van der Waals surface area contributed by atoms with Gasteiger partial charge < -0.3 is 5.11 Å². The molecule has 0 saturated heterocycles. The molecule has 0 aliphatic carbocycles. The summed E-state index contributed by atoms with van der Waals surface area (Å²) in [6, 6.07) is 5.62. The van der Waals surface area contributed by atoms with Crippen molar-refractivity contribution < 1.29 is 9.90 Å². The number of aryl methyl sites for hydroxylation is 2. The SMILES string of the molecule is Cc1ccc(Cl)cc1-n1cc(CCCCC(=O)O)nn1. The quantitative estimate of drug-likeness (QED) is 0.831. The molecule has 106 valence electrons. The molecule has 2 rings (SSSR count). The Morgan fingerprint density at radius 1 is 1.40 bits per heavy atom. The first kappa shape index (κ1) is 14.5. The third kappa shape index (κ3) is 3.81. The van der Waals surface area contributed by atoms with Gasteiger partial charge in [-0.2, -0.15) is 0 Å². The highest BCUT2D eigenvalue weighted by atomic mass is 35.5. The lowest BCUT2D eigenvalue weighted by molar-refractivity contribution is -0.137. The molecule has 1 heterocycles. The summed E-state index contributed by atoms with van der Waals surface area (Å²) in [5.74, 6) is -0.761. The number of aliphatic carboxylic acids is 1. The Bertz CT molecular complexity index is 610. The predicted octanol–water partition coefficient (Wildman–Crippen LogP) is 3.03. The lowest BCUT2D eigenvalue weighted by Crippen LogP contribution is -1.97. The zero-order valence-corrected chi connectivity index (χ0v) is 12.0. The largest absolute Gasteiger partial charge is 0.481 e. The fourth-order valence-corrected chi connectivity index (χ4v) is 2.11. The van der Waals surface area contributed by atoms with Crippen LogP contribution < -0.4 is 0 Å². The molecule has 0 unspecified atom stereocenters. The third-order valence-electron chi connectivity index (χ3n) is 3.03. The third-order valence-corrected chi connectivity index (χ3v) is 3.27. The monoisotopic (exact) mass is 293 g/mol.